The van der Waals surface area contributed by atoms with E-state index in [0.717, 1.165) is 12.0 Å². The molecule has 0 unspecified atom stereocenters. The smallest absolute Gasteiger partial charge is 0.261 e. The van der Waals surface area contributed by atoms with E-state index in [4.69, 9.17) is 0 Å². The number of hydrogen-bond acceptors (Lipinski definition) is 4. The number of hydrogen-bond donors (Lipinski definition) is 1. The van der Waals surface area contributed by atoms with Crippen LogP contribution in [-0.4, -0.2) is 41.3 Å². The molecule has 0 spiro atoms. The van der Waals surface area contributed by atoms with E-state index in [0.29, 0.717) is 18.0 Å². The van der Waals surface area contributed by atoms with Gasteiger partial charge >= 0.3 is 0 Å². The van der Waals surface area contributed by atoms with E-state index in [2.05, 4.69) is 10.3 Å². The van der Waals surface area contributed by atoms with Crippen molar-refractivity contribution < 1.29 is 9.59 Å². The standard InChI is InChI=1S/C16H19N3O2S/c1-2-19(10-7-13-5-8-17-9-6-13)15(20)12-18-16(21)14-4-3-11-22-14/h3-6,8-9,11H,2,7,10,12H2,1H3,(H,18,21). The van der Waals surface area contributed by atoms with Gasteiger partial charge in [0, 0.05) is 25.5 Å². The van der Waals surface area contributed by atoms with Crippen LogP contribution in [-0.2, 0) is 11.2 Å². The minimum Gasteiger partial charge on any atom is -0.342 e. The average molecular weight is 317 g/mol. The summed E-state index contributed by atoms with van der Waals surface area (Å²) in [6, 6.07) is 7.44. The highest BCUT2D eigenvalue weighted by atomic mass is 32.1. The number of pyridine rings is 1. The normalized spacial score (nSPS) is 10.2. The number of amides is 2. The average Bonchev–Trinajstić information content (AvgIpc) is 3.08. The number of nitrogens with zero attached hydrogens (tertiary/aromatic N) is 2. The highest BCUT2D eigenvalue weighted by Gasteiger charge is 2.14. The Labute approximate surface area is 134 Å². The van der Waals surface area contributed by atoms with Crippen LogP contribution in [0.4, 0.5) is 0 Å². The first-order valence-electron chi connectivity index (χ1n) is 7.19. The van der Waals surface area contributed by atoms with Gasteiger partial charge in [0.25, 0.3) is 5.91 Å². The van der Waals surface area contributed by atoms with Crippen molar-refractivity contribution in [3.05, 3.63) is 52.5 Å². The Morgan fingerprint density at radius 1 is 1.27 bits per heavy atom. The third kappa shape index (κ3) is 4.66. The molecule has 0 aromatic carbocycles. The van der Waals surface area contributed by atoms with Crippen LogP contribution in [0.1, 0.15) is 22.2 Å². The molecule has 0 bridgehead atoms. The summed E-state index contributed by atoms with van der Waals surface area (Å²) in [4.78, 5) is 30.3. The number of rotatable bonds is 7. The van der Waals surface area contributed by atoms with Crippen LogP contribution < -0.4 is 5.32 Å². The molecule has 0 aliphatic carbocycles. The summed E-state index contributed by atoms with van der Waals surface area (Å²) in [7, 11) is 0. The molecule has 0 fully saturated rings. The Kier molecular flexibility index (Phi) is 6.09. The van der Waals surface area contributed by atoms with Gasteiger partial charge in [-0.25, -0.2) is 0 Å². The molecular formula is C16H19N3O2S. The fourth-order valence-electron chi connectivity index (χ4n) is 2.04. The number of carbonyl (C=O) groups is 2. The lowest BCUT2D eigenvalue weighted by Crippen LogP contribution is -2.40. The van der Waals surface area contributed by atoms with Gasteiger partial charge in [-0.05, 0) is 42.5 Å². The molecule has 6 heteroatoms. The van der Waals surface area contributed by atoms with Gasteiger partial charge in [0.2, 0.25) is 5.91 Å². The fraction of sp³-hybridized carbons (Fsp3) is 0.312. The van der Waals surface area contributed by atoms with E-state index in [1.165, 1.54) is 11.3 Å². The Morgan fingerprint density at radius 3 is 2.68 bits per heavy atom. The lowest BCUT2D eigenvalue weighted by molar-refractivity contribution is -0.129. The molecule has 5 nitrogen and oxygen atoms in total. The maximum absolute atomic E-state index is 12.2. The maximum atomic E-state index is 12.2. The lowest BCUT2D eigenvalue weighted by Gasteiger charge is -2.21. The number of nitrogens with one attached hydrogen (secondary N) is 1. The molecule has 2 amide bonds. The highest BCUT2D eigenvalue weighted by molar-refractivity contribution is 7.12. The predicted molar refractivity (Wildman–Crippen MR) is 86.8 cm³/mol. The van der Waals surface area contributed by atoms with E-state index in [1.54, 1.807) is 23.4 Å². The van der Waals surface area contributed by atoms with Crippen LogP contribution in [0.5, 0.6) is 0 Å². The van der Waals surface area contributed by atoms with Crippen LogP contribution in [0.15, 0.2) is 42.0 Å². The van der Waals surface area contributed by atoms with Crippen molar-refractivity contribution in [1.82, 2.24) is 15.2 Å². The van der Waals surface area contributed by atoms with Crippen molar-refractivity contribution in [1.29, 1.82) is 0 Å². The zero-order valence-corrected chi connectivity index (χ0v) is 13.3. The van der Waals surface area contributed by atoms with Crippen molar-refractivity contribution in [2.24, 2.45) is 0 Å². The zero-order valence-electron chi connectivity index (χ0n) is 12.5. The first-order valence-corrected chi connectivity index (χ1v) is 8.07. The molecule has 0 saturated heterocycles. The lowest BCUT2D eigenvalue weighted by atomic mass is 10.2. The Hall–Kier alpha value is -2.21. The topological polar surface area (TPSA) is 62.3 Å². The largest absolute Gasteiger partial charge is 0.342 e. The van der Waals surface area contributed by atoms with Crippen LogP contribution >= 0.6 is 11.3 Å². The van der Waals surface area contributed by atoms with Gasteiger partial charge in [0.1, 0.15) is 0 Å². The van der Waals surface area contributed by atoms with Crippen molar-refractivity contribution in [2.75, 3.05) is 19.6 Å². The minimum absolute atomic E-state index is 0.0287. The molecule has 0 atom stereocenters. The second-order valence-electron chi connectivity index (χ2n) is 4.74. The number of thiophene rings is 1. The highest BCUT2D eigenvalue weighted by Crippen LogP contribution is 2.07. The van der Waals surface area contributed by atoms with E-state index < -0.39 is 0 Å². The monoisotopic (exact) mass is 317 g/mol. The summed E-state index contributed by atoms with van der Waals surface area (Å²) in [6.07, 6.45) is 4.27. The molecule has 0 saturated carbocycles. The Bertz CT molecular complexity index is 599. The molecule has 22 heavy (non-hydrogen) atoms. The van der Waals surface area contributed by atoms with Gasteiger partial charge < -0.3 is 10.2 Å². The fourth-order valence-corrected chi connectivity index (χ4v) is 2.68. The van der Waals surface area contributed by atoms with Gasteiger partial charge in [0.05, 0.1) is 11.4 Å². The molecule has 0 aliphatic heterocycles. The van der Waals surface area contributed by atoms with E-state index >= 15 is 0 Å². The SMILES string of the molecule is CCN(CCc1ccncc1)C(=O)CNC(=O)c1cccs1. The van der Waals surface area contributed by atoms with Crippen LogP contribution in [0, 0.1) is 0 Å². The second kappa shape index (κ2) is 8.29. The summed E-state index contributed by atoms with van der Waals surface area (Å²) in [5.41, 5.74) is 1.14. The van der Waals surface area contributed by atoms with Crippen LogP contribution in [0.25, 0.3) is 0 Å². The van der Waals surface area contributed by atoms with Crippen molar-refractivity contribution >= 4 is 23.2 Å². The van der Waals surface area contributed by atoms with E-state index in [9.17, 15) is 9.59 Å². The van der Waals surface area contributed by atoms with Crippen LogP contribution in [0.3, 0.4) is 0 Å². The molecular weight excluding hydrogens is 298 g/mol. The molecule has 2 aromatic heterocycles. The number of likely N-dealkylation sites (N-methyl/N-ethyl adjacent to an activating group) is 1. The third-order valence-corrected chi connectivity index (χ3v) is 4.17. The molecule has 2 aromatic rings. The molecule has 0 aliphatic rings. The summed E-state index contributed by atoms with van der Waals surface area (Å²) < 4.78 is 0. The third-order valence-electron chi connectivity index (χ3n) is 3.30. The molecule has 116 valence electrons. The molecule has 1 N–H and O–H groups in total. The quantitative estimate of drug-likeness (QED) is 0.849. The van der Waals surface area contributed by atoms with Gasteiger partial charge in [-0.15, -0.1) is 11.3 Å². The first kappa shape index (κ1) is 16.2. The van der Waals surface area contributed by atoms with Crippen LogP contribution in [0.2, 0.25) is 0 Å². The first-order chi connectivity index (χ1) is 10.7. The van der Waals surface area contributed by atoms with Crippen molar-refractivity contribution in [3.63, 3.8) is 0 Å². The maximum Gasteiger partial charge on any atom is 0.261 e. The molecule has 0 radical (unpaired) electrons. The zero-order chi connectivity index (χ0) is 15.8. The Balaban J connectivity index is 1.80. The van der Waals surface area contributed by atoms with E-state index in [-0.39, 0.29) is 18.4 Å². The second-order valence-corrected chi connectivity index (χ2v) is 5.69. The van der Waals surface area contributed by atoms with Gasteiger partial charge in [-0.1, -0.05) is 6.07 Å². The number of aromatic nitrogens is 1. The molecule has 2 heterocycles. The number of carbonyl (C=O) groups excluding carboxylic acids is 2. The van der Waals surface area contributed by atoms with Crippen molar-refractivity contribution in [3.8, 4) is 0 Å². The summed E-state index contributed by atoms with van der Waals surface area (Å²) in [6.45, 7) is 3.22. The Morgan fingerprint density at radius 2 is 2.05 bits per heavy atom. The van der Waals surface area contributed by atoms with Gasteiger partial charge in [-0.2, -0.15) is 0 Å². The summed E-state index contributed by atoms with van der Waals surface area (Å²) in [5.74, 6) is -0.269. The van der Waals surface area contributed by atoms with E-state index in [1.807, 2.05) is 30.5 Å². The van der Waals surface area contributed by atoms with Crippen molar-refractivity contribution in [2.45, 2.75) is 13.3 Å². The van der Waals surface area contributed by atoms with Gasteiger partial charge in [0.15, 0.2) is 0 Å². The minimum atomic E-state index is -0.200. The summed E-state index contributed by atoms with van der Waals surface area (Å²) >= 11 is 1.36. The predicted octanol–water partition coefficient (Wildman–Crippen LogP) is 1.96. The summed E-state index contributed by atoms with van der Waals surface area (Å²) in [5, 5.41) is 4.51. The molecule has 2 rings (SSSR count). The van der Waals surface area contributed by atoms with Gasteiger partial charge in [-0.3, -0.25) is 14.6 Å².